The van der Waals surface area contributed by atoms with Gasteiger partial charge in [0.1, 0.15) is 5.75 Å². The molecule has 0 spiro atoms. The molecule has 11 nitrogen and oxygen atoms in total. The highest BCUT2D eigenvalue weighted by molar-refractivity contribution is 5.94. The first-order valence-electron chi connectivity index (χ1n) is 13.3. The number of primary amides is 1. The smallest absolute Gasteiger partial charge is 0.324 e. The number of rotatable bonds is 9. The molecule has 0 bridgehead atoms. The molecule has 0 atom stereocenters. The quantitative estimate of drug-likeness (QED) is 0.264. The molecule has 0 aliphatic carbocycles. The lowest BCUT2D eigenvalue weighted by Crippen LogP contribution is -2.23. The van der Waals surface area contributed by atoms with Gasteiger partial charge in [0, 0.05) is 29.1 Å². The number of carbonyl (C=O) groups is 2. The summed E-state index contributed by atoms with van der Waals surface area (Å²) in [6, 6.07) is 20.0. The van der Waals surface area contributed by atoms with Crippen LogP contribution in [0.15, 0.2) is 77.6 Å². The number of hydrogen-bond donors (Lipinski definition) is 2. The second kappa shape index (κ2) is 12.0. The van der Waals surface area contributed by atoms with Crippen LogP contribution in [-0.4, -0.2) is 40.6 Å². The minimum Gasteiger partial charge on any atom is -0.493 e. The lowest BCUT2D eigenvalue weighted by molar-refractivity contribution is 0.0949. The number of benzene rings is 3. The number of pyridine rings is 1. The number of nitrogens with two attached hydrogens (primary N) is 1. The van der Waals surface area contributed by atoms with Crippen LogP contribution in [0.4, 0.5) is 0 Å². The third-order valence-corrected chi connectivity index (χ3v) is 6.87. The molecule has 3 aromatic carbocycles. The number of hydrogen-bond acceptors (Lipinski definition) is 8. The molecule has 5 rings (SSSR count). The van der Waals surface area contributed by atoms with Crippen LogP contribution < -0.4 is 30.8 Å². The van der Waals surface area contributed by atoms with Gasteiger partial charge in [-0.25, -0.2) is 0 Å². The Labute approximate surface area is 246 Å². The van der Waals surface area contributed by atoms with Crippen LogP contribution in [0.1, 0.15) is 37.5 Å². The standard InChI is InChI=1S/C32H29N5O6/c1-18-15-22(29(33)39)8-13-25(18)43-32-35-19(2)24-11-14-28(38)37(30(24)36-32)23-9-6-21(7-10-23)31(40)34-17-20-5-12-26(41-3)27(16-20)42-4/h5-16H,17H2,1-4H3,(H2,33,39)(H,34,40). The van der Waals surface area contributed by atoms with Crippen LogP contribution in [0, 0.1) is 13.8 Å². The van der Waals surface area contributed by atoms with Gasteiger partial charge in [-0.2, -0.15) is 9.97 Å². The lowest BCUT2D eigenvalue weighted by atomic mass is 10.1. The average Bonchev–Trinajstić information content (AvgIpc) is 3.00. The van der Waals surface area contributed by atoms with Gasteiger partial charge < -0.3 is 25.3 Å². The zero-order valence-electron chi connectivity index (χ0n) is 24.0. The second-order valence-corrected chi connectivity index (χ2v) is 9.70. The number of methoxy groups -OCH3 is 2. The molecule has 2 aromatic heterocycles. The van der Waals surface area contributed by atoms with Crippen molar-refractivity contribution in [2.45, 2.75) is 20.4 Å². The summed E-state index contributed by atoms with van der Waals surface area (Å²) in [5.74, 6) is 0.793. The number of aromatic nitrogens is 3. The van der Waals surface area contributed by atoms with Gasteiger partial charge in [-0.05, 0) is 85.6 Å². The van der Waals surface area contributed by atoms with Gasteiger partial charge in [0.15, 0.2) is 17.1 Å². The Balaban J connectivity index is 1.41. The predicted molar refractivity (Wildman–Crippen MR) is 160 cm³/mol. The monoisotopic (exact) mass is 579 g/mol. The first-order chi connectivity index (χ1) is 20.7. The number of nitrogens with zero attached hydrogens (tertiary/aromatic N) is 3. The van der Waals surface area contributed by atoms with E-state index in [9.17, 15) is 14.4 Å². The second-order valence-electron chi connectivity index (χ2n) is 9.70. The van der Waals surface area contributed by atoms with Crippen molar-refractivity contribution >= 4 is 22.8 Å². The van der Waals surface area contributed by atoms with Crippen molar-refractivity contribution in [3.05, 3.63) is 111 Å². The van der Waals surface area contributed by atoms with E-state index in [-0.39, 0.29) is 24.0 Å². The number of nitrogens with one attached hydrogen (secondary N) is 1. The van der Waals surface area contributed by atoms with Gasteiger partial charge in [-0.3, -0.25) is 19.0 Å². The van der Waals surface area contributed by atoms with E-state index < -0.39 is 5.91 Å². The molecule has 5 aromatic rings. The molecule has 0 unspecified atom stereocenters. The van der Waals surface area contributed by atoms with E-state index in [2.05, 4.69) is 15.3 Å². The van der Waals surface area contributed by atoms with Crippen LogP contribution in [0.3, 0.4) is 0 Å². The molecule has 0 saturated heterocycles. The Bertz CT molecular complexity index is 1920. The summed E-state index contributed by atoms with van der Waals surface area (Å²) in [5.41, 5.74) is 8.80. The molecule has 0 fully saturated rings. The fraction of sp³-hybridized carbons (Fsp3) is 0.156. The molecule has 3 N–H and O–H groups in total. The van der Waals surface area contributed by atoms with E-state index in [4.69, 9.17) is 19.9 Å². The summed E-state index contributed by atoms with van der Waals surface area (Å²) in [4.78, 5) is 46.5. The number of amides is 2. The van der Waals surface area contributed by atoms with E-state index in [1.54, 1.807) is 88.7 Å². The van der Waals surface area contributed by atoms with Crippen LogP contribution in [0.2, 0.25) is 0 Å². The highest BCUT2D eigenvalue weighted by Crippen LogP contribution is 2.28. The molecule has 2 amide bonds. The van der Waals surface area contributed by atoms with Gasteiger partial charge in [-0.15, -0.1) is 0 Å². The Hall–Kier alpha value is -5.71. The van der Waals surface area contributed by atoms with Crippen molar-refractivity contribution in [2.75, 3.05) is 14.2 Å². The van der Waals surface area contributed by atoms with Crippen LogP contribution in [0.25, 0.3) is 16.7 Å². The first-order valence-corrected chi connectivity index (χ1v) is 13.3. The Morgan fingerprint density at radius 2 is 1.53 bits per heavy atom. The third-order valence-electron chi connectivity index (χ3n) is 6.87. The highest BCUT2D eigenvalue weighted by Gasteiger charge is 2.15. The molecule has 0 saturated carbocycles. The summed E-state index contributed by atoms with van der Waals surface area (Å²) in [7, 11) is 3.11. The Kier molecular flexibility index (Phi) is 8.06. The van der Waals surface area contributed by atoms with Crippen molar-refractivity contribution in [1.29, 1.82) is 0 Å². The molecule has 218 valence electrons. The highest BCUT2D eigenvalue weighted by atomic mass is 16.5. The lowest BCUT2D eigenvalue weighted by Gasteiger charge is -2.14. The van der Waals surface area contributed by atoms with Crippen molar-refractivity contribution in [2.24, 2.45) is 5.73 Å². The number of ether oxygens (including phenoxy) is 3. The van der Waals surface area contributed by atoms with Crippen molar-refractivity contribution in [3.63, 3.8) is 0 Å². The Morgan fingerprint density at radius 1 is 0.837 bits per heavy atom. The summed E-state index contributed by atoms with van der Waals surface area (Å²) in [6.45, 7) is 3.85. The normalized spacial score (nSPS) is 10.8. The van der Waals surface area contributed by atoms with E-state index in [0.717, 1.165) is 5.56 Å². The van der Waals surface area contributed by atoms with Crippen molar-refractivity contribution < 1.29 is 23.8 Å². The maximum Gasteiger partial charge on any atom is 0.324 e. The summed E-state index contributed by atoms with van der Waals surface area (Å²) in [5, 5.41) is 3.55. The van der Waals surface area contributed by atoms with Gasteiger partial charge in [0.05, 0.1) is 25.6 Å². The maximum absolute atomic E-state index is 13.1. The first kappa shape index (κ1) is 28.8. The zero-order valence-corrected chi connectivity index (χ0v) is 24.0. The number of aryl methyl sites for hydroxylation is 2. The SMILES string of the molecule is COc1ccc(CNC(=O)c2ccc(-n3c(=O)ccc4c(C)nc(Oc5ccc(C(N)=O)cc5C)nc43)cc2)cc1OC. The minimum atomic E-state index is -0.544. The summed E-state index contributed by atoms with van der Waals surface area (Å²) < 4.78 is 18.0. The summed E-state index contributed by atoms with van der Waals surface area (Å²) >= 11 is 0. The van der Waals surface area contributed by atoms with E-state index in [1.807, 2.05) is 6.07 Å². The molecule has 11 heteroatoms. The molecule has 2 heterocycles. The number of carbonyl (C=O) groups excluding carboxylic acids is 2. The maximum atomic E-state index is 13.1. The van der Waals surface area contributed by atoms with Gasteiger partial charge >= 0.3 is 6.01 Å². The molecule has 0 aliphatic rings. The van der Waals surface area contributed by atoms with Crippen molar-refractivity contribution in [3.8, 4) is 28.9 Å². The largest absolute Gasteiger partial charge is 0.493 e. The van der Waals surface area contributed by atoms with E-state index in [1.165, 1.54) is 10.6 Å². The Morgan fingerprint density at radius 3 is 2.21 bits per heavy atom. The van der Waals surface area contributed by atoms with E-state index in [0.29, 0.717) is 56.4 Å². The van der Waals surface area contributed by atoms with Gasteiger partial charge in [0.25, 0.3) is 11.5 Å². The fourth-order valence-electron chi connectivity index (χ4n) is 4.59. The third kappa shape index (κ3) is 6.01. The predicted octanol–water partition coefficient (Wildman–Crippen LogP) is 4.24. The molecule has 43 heavy (non-hydrogen) atoms. The zero-order chi connectivity index (χ0) is 30.7. The van der Waals surface area contributed by atoms with Crippen LogP contribution >= 0.6 is 0 Å². The van der Waals surface area contributed by atoms with Crippen molar-refractivity contribution in [1.82, 2.24) is 19.9 Å². The molecular weight excluding hydrogens is 550 g/mol. The van der Waals surface area contributed by atoms with E-state index >= 15 is 0 Å². The van der Waals surface area contributed by atoms with Crippen LogP contribution in [-0.2, 0) is 6.54 Å². The van der Waals surface area contributed by atoms with Gasteiger partial charge in [-0.1, -0.05) is 6.07 Å². The molecule has 0 aliphatic heterocycles. The molecular formula is C32H29N5O6. The molecule has 0 radical (unpaired) electrons. The fourth-order valence-corrected chi connectivity index (χ4v) is 4.59. The number of fused-ring (bicyclic) bond motifs is 1. The average molecular weight is 580 g/mol. The van der Waals surface area contributed by atoms with Crippen LogP contribution in [0.5, 0.6) is 23.3 Å². The van der Waals surface area contributed by atoms with Gasteiger partial charge in [0.2, 0.25) is 5.91 Å². The minimum absolute atomic E-state index is 0.0328. The topological polar surface area (TPSA) is 148 Å². The summed E-state index contributed by atoms with van der Waals surface area (Å²) in [6.07, 6.45) is 0.